The highest BCUT2D eigenvalue weighted by molar-refractivity contribution is 7.09. The van der Waals surface area contributed by atoms with Crippen LogP contribution in [0.5, 0.6) is 0 Å². The average molecular weight is 373 g/mol. The zero-order chi connectivity index (χ0) is 18.5. The fourth-order valence-corrected chi connectivity index (χ4v) is 4.00. The lowest BCUT2D eigenvalue weighted by Gasteiger charge is -2.33. The van der Waals surface area contributed by atoms with Crippen LogP contribution in [0.2, 0.25) is 0 Å². The Morgan fingerprint density at radius 1 is 1.19 bits per heavy atom. The lowest BCUT2D eigenvalue weighted by Crippen LogP contribution is -2.48. The number of rotatable bonds is 6. The maximum atomic E-state index is 12.5. The number of hydrogen-bond acceptors (Lipinski definition) is 5. The molecule has 0 radical (unpaired) electrons. The molecule has 5 nitrogen and oxygen atoms in total. The van der Waals surface area contributed by atoms with E-state index in [-0.39, 0.29) is 5.91 Å². The minimum absolute atomic E-state index is 0.0811. The van der Waals surface area contributed by atoms with Gasteiger partial charge < -0.3 is 5.32 Å². The van der Waals surface area contributed by atoms with Gasteiger partial charge in [0.2, 0.25) is 5.91 Å². The predicted octanol–water partition coefficient (Wildman–Crippen LogP) is 3.08. The Morgan fingerprint density at radius 2 is 1.92 bits per heavy atom. The molecule has 1 fully saturated rings. The van der Waals surface area contributed by atoms with Crippen molar-refractivity contribution in [2.75, 3.05) is 38.0 Å². The largest absolute Gasteiger partial charge is 0.324 e. The molecule has 1 aliphatic rings. The smallest absolute Gasteiger partial charge is 0.238 e. The Balaban J connectivity index is 1.48. The minimum Gasteiger partial charge on any atom is -0.324 e. The molecular formula is C20H28N4OS. The fourth-order valence-electron chi connectivity index (χ4n) is 3.40. The van der Waals surface area contributed by atoms with Crippen molar-refractivity contribution in [3.63, 3.8) is 0 Å². The van der Waals surface area contributed by atoms with Crippen LogP contribution in [0.4, 0.5) is 5.69 Å². The van der Waals surface area contributed by atoms with Gasteiger partial charge in [0.05, 0.1) is 17.2 Å². The van der Waals surface area contributed by atoms with Gasteiger partial charge in [-0.05, 0) is 31.4 Å². The number of nitrogens with one attached hydrogen (secondary N) is 1. The molecular weight excluding hydrogens is 344 g/mol. The first-order valence-corrected chi connectivity index (χ1v) is 10.2. The van der Waals surface area contributed by atoms with Crippen molar-refractivity contribution in [2.45, 2.75) is 33.7 Å². The van der Waals surface area contributed by atoms with E-state index < -0.39 is 0 Å². The van der Waals surface area contributed by atoms with Crippen LogP contribution in [0, 0.1) is 13.8 Å². The van der Waals surface area contributed by atoms with Crippen molar-refractivity contribution in [3.05, 3.63) is 45.4 Å². The van der Waals surface area contributed by atoms with Crippen LogP contribution in [0.3, 0.4) is 0 Å². The van der Waals surface area contributed by atoms with Crippen molar-refractivity contribution in [1.29, 1.82) is 0 Å². The van der Waals surface area contributed by atoms with Crippen LogP contribution in [-0.2, 0) is 17.8 Å². The number of anilines is 1. The van der Waals surface area contributed by atoms with Crippen LogP contribution in [0.15, 0.2) is 23.6 Å². The SMILES string of the molecule is CCc1cccc(C)c1NC(=O)CN1CCN(Cc2csc(C)n2)CC1. The summed E-state index contributed by atoms with van der Waals surface area (Å²) < 4.78 is 0. The summed E-state index contributed by atoms with van der Waals surface area (Å²) in [5.74, 6) is 0.0811. The average Bonchev–Trinajstić information content (AvgIpc) is 3.03. The monoisotopic (exact) mass is 372 g/mol. The normalized spacial score (nSPS) is 16.0. The molecule has 1 aromatic carbocycles. The van der Waals surface area contributed by atoms with E-state index in [0.29, 0.717) is 6.54 Å². The zero-order valence-electron chi connectivity index (χ0n) is 15.9. The third-order valence-corrected chi connectivity index (χ3v) is 5.71. The molecule has 0 saturated carbocycles. The quantitative estimate of drug-likeness (QED) is 0.847. The van der Waals surface area contributed by atoms with Crippen LogP contribution in [0.25, 0.3) is 0 Å². The molecule has 140 valence electrons. The van der Waals surface area contributed by atoms with Crippen molar-refractivity contribution < 1.29 is 4.79 Å². The number of piperazine rings is 1. The molecule has 1 N–H and O–H groups in total. The Kier molecular flexibility index (Phi) is 6.40. The second-order valence-corrected chi connectivity index (χ2v) is 7.98. The molecule has 1 aromatic heterocycles. The summed E-state index contributed by atoms with van der Waals surface area (Å²) in [6.45, 7) is 11.4. The van der Waals surface area contributed by atoms with Crippen molar-refractivity contribution >= 4 is 22.9 Å². The molecule has 26 heavy (non-hydrogen) atoms. The minimum atomic E-state index is 0.0811. The van der Waals surface area contributed by atoms with Gasteiger partial charge in [-0.3, -0.25) is 14.6 Å². The number of para-hydroxylation sites is 1. The number of aromatic nitrogens is 1. The maximum absolute atomic E-state index is 12.5. The van der Waals surface area contributed by atoms with Gasteiger partial charge in [-0.25, -0.2) is 4.98 Å². The van der Waals surface area contributed by atoms with Gasteiger partial charge in [0.1, 0.15) is 0 Å². The Bertz CT molecular complexity index is 750. The van der Waals surface area contributed by atoms with Gasteiger partial charge in [-0.2, -0.15) is 0 Å². The molecule has 0 bridgehead atoms. The second-order valence-electron chi connectivity index (χ2n) is 6.92. The summed E-state index contributed by atoms with van der Waals surface area (Å²) in [5, 5.41) is 6.39. The summed E-state index contributed by atoms with van der Waals surface area (Å²) in [6.07, 6.45) is 0.923. The molecule has 6 heteroatoms. The van der Waals surface area contributed by atoms with Gasteiger partial charge in [0.15, 0.2) is 0 Å². The summed E-state index contributed by atoms with van der Waals surface area (Å²) >= 11 is 1.71. The Hall–Kier alpha value is -1.76. The van der Waals surface area contributed by atoms with Crippen molar-refractivity contribution in [2.24, 2.45) is 0 Å². The van der Waals surface area contributed by atoms with E-state index in [2.05, 4.69) is 38.5 Å². The van der Waals surface area contributed by atoms with E-state index in [1.54, 1.807) is 11.3 Å². The predicted molar refractivity (Wildman–Crippen MR) is 108 cm³/mol. The molecule has 0 atom stereocenters. The Labute approximate surface area is 160 Å². The van der Waals surface area contributed by atoms with E-state index in [1.807, 2.05) is 26.0 Å². The highest BCUT2D eigenvalue weighted by Gasteiger charge is 2.20. The first-order chi connectivity index (χ1) is 12.5. The standard InChI is InChI=1S/C20H28N4OS/c1-4-17-7-5-6-15(2)20(17)22-19(25)13-24-10-8-23(9-11-24)12-18-14-26-16(3)21-18/h5-7,14H,4,8-13H2,1-3H3,(H,22,25). The lowest BCUT2D eigenvalue weighted by atomic mass is 10.1. The van der Waals surface area contributed by atoms with E-state index in [4.69, 9.17) is 0 Å². The lowest BCUT2D eigenvalue weighted by molar-refractivity contribution is -0.117. The molecule has 1 amide bonds. The summed E-state index contributed by atoms with van der Waals surface area (Å²) in [4.78, 5) is 21.7. The molecule has 0 spiro atoms. The first-order valence-electron chi connectivity index (χ1n) is 9.29. The maximum Gasteiger partial charge on any atom is 0.238 e. The highest BCUT2D eigenvalue weighted by atomic mass is 32.1. The second kappa shape index (κ2) is 8.75. The fraction of sp³-hybridized carbons (Fsp3) is 0.500. The zero-order valence-corrected chi connectivity index (χ0v) is 16.7. The summed E-state index contributed by atoms with van der Waals surface area (Å²) in [6, 6.07) is 6.18. The van der Waals surface area contributed by atoms with Gasteiger partial charge >= 0.3 is 0 Å². The van der Waals surface area contributed by atoms with Crippen molar-refractivity contribution in [3.8, 4) is 0 Å². The number of carbonyl (C=O) groups excluding carboxylic acids is 1. The van der Waals surface area contributed by atoms with E-state index in [9.17, 15) is 4.79 Å². The molecule has 1 saturated heterocycles. The number of thiazole rings is 1. The molecule has 0 aliphatic carbocycles. The number of amides is 1. The molecule has 0 unspecified atom stereocenters. The highest BCUT2D eigenvalue weighted by Crippen LogP contribution is 2.21. The first kappa shape index (κ1) is 19.0. The van der Waals surface area contributed by atoms with E-state index in [0.717, 1.165) is 61.1 Å². The molecule has 1 aliphatic heterocycles. The summed E-state index contributed by atoms with van der Waals surface area (Å²) in [5.41, 5.74) is 4.46. The van der Waals surface area contributed by atoms with Crippen LogP contribution < -0.4 is 5.32 Å². The number of nitrogens with zero attached hydrogens (tertiary/aromatic N) is 3. The van der Waals surface area contributed by atoms with E-state index >= 15 is 0 Å². The molecule has 3 rings (SSSR count). The van der Waals surface area contributed by atoms with Crippen LogP contribution >= 0.6 is 11.3 Å². The topological polar surface area (TPSA) is 48.5 Å². The third-order valence-electron chi connectivity index (χ3n) is 4.89. The van der Waals surface area contributed by atoms with E-state index in [1.165, 1.54) is 5.56 Å². The van der Waals surface area contributed by atoms with Gasteiger partial charge in [-0.15, -0.1) is 11.3 Å². The molecule has 2 aromatic rings. The van der Waals surface area contributed by atoms with Crippen LogP contribution in [0.1, 0.15) is 28.8 Å². The number of benzene rings is 1. The number of aryl methyl sites for hydroxylation is 3. The summed E-state index contributed by atoms with van der Waals surface area (Å²) in [7, 11) is 0. The van der Waals surface area contributed by atoms with Crippen LogP contribution in [-0.4, -0.2) is 53.4 Å². The Morgan fingerprint density at radius 3 is 2.58 bits per heavy atom. The van der Waals surface area contributed by atoms with Crippen molar-refractivity contribution in [1.82, 2.24) is 14.8 Å². The third kappa shape index (κ3) is 4.90. The number of hydrogen-bond donors (Lipinski definition) is 1. The van der Waals surface area contributed by atoms with Gasteiger partial charge in [0, 0.05) is 43.8 Å². The number of carbonyl (C=O) groups is 1. The van der Waals surface area contributed by atoms with Gasteiger partial charge in [0.25, 0.3) is 0 Å². The van der Waals surface area contributed by atoms with Gasteiger partial charge in [-0.1, -0.05) is 25.1 Å². The molecule has 2 heterocycles.